The molecule has 1 aliphatic rings. The van der Waals surface area contributed by atoms with Gasteiger partial charge < -0.3 is 15.1 Å². The highest BCUT2D eigenvalue weighted by atomic mass is 16.4. The summed E-state index contributed by atoms with van der Waals surface area (Å²) in [5.41, 5.74) is 0.263. The van der Waals surface area contributed by atoms with Crippen LogP contribution >= 0.6 is 0 Å². The molecule has 0 saturated carbocycles. The zero-order valence-electron chi connectivity index (χ0n) is 12.8. The van der Waals surface area contributed by atoms with Crippen molar-refractivity contribution in [3.8, 4) is 0 Å². The molecule has 116 valence electrons. The molecular formula is C17H20N2O3. The molecule has 0 spiro atoms. The monoisotopic (exact) mass is 300 g/mol. The van der Waals surface area contributed by atoms with E-state index in [1.165, 1.54) is 0 Å². The molecule has 0 amide bonds. The van der Waals surface area contributed by atoms with Crippen molar-refractivity contribution >= 4 is 22.7 Å². The summed E-state index contributed by atoms with van der Waals surface area (Å²) in [5.74, 6) is 0.112. The number of hydrogen-bond acceptors (Lipinski definition) is 4. The maximum Gasteiger partial charge on any atom is 0.336 e. The van der Waals surface area contributed by atoms with E-state index in [4.69, 9.17) is 0 Å². The number of carbonyl (C=O) groups is 1. The van der Waals surface area contributed by atoms with Crippen molar-refractivity contribution in [3.05, 3.63) is 35.9 Å². The maximum atomic E-state index is 11.2. The van der Waals surface area contributed by atoms with Gasteiger partial charge in [-0.25, -0.2) is 9.78 Å². The molecule has 1 aromatic heterocycles. The minimum atomic E-state index is -0.941. The van der Waals surface area contributed by atoms with Crippen LogP contribution in [0.1, 0.15) is 30.6 Å². The van der Waals surface area contributed by atoms with Crippen LogP contribution in [0.4, 0.5) is 5.82 Å². The van der Waals surface area contributed by atoms with Gasteiger partial charge in [0.25, 0.3) is 0 Å². The lowest BCUT2D eigenvalue weighted by Crippen LogP contribution is -2.33. The molecule has 2 N–H and O–H groups in total. The van der Waals surface area contributed by atoms with Crippen LogP contribution in [0.15, 0.2) is 30.3 Å². The number of aliphatic hydroxyl groups is 1. The summed E-state index contributed by atoms with van der Waals surface area (Å²) in [6, 6.07) is 8.81. The van der Waals surface area contributed by atoms with Crippen LogP contribution in [-0.2, 0) is 0 Å². The Morgan fingerprint density at radius 1 is 1.32 bits per heavy atom. The number of aromatic carboxylic acids is 1. The van der Waals surface area contributed by atoms with Crippen molar-refractivity contribution in [2.24, 2.45) is 5.92 Å². The lowest BCUT2D eigenvalue weighted by molar-refractivity contribution is 0.0263. The Bertz CT molecular complexity index is 721. The van der Waals surface area contributed by atoms with E-state index in [0.717, 1.165) is 25.3 Å². The number of carboxylic acids is 1. The van der Waals surface area contributed by atoms with Crippen molar-refractivity contribution < 1.29 is 15.0 Å². The molecule has 22 heavy (non-hydrogen) atoms. The molecule has 1 atom stereocenters. The van der Waals surface area contributed by atoms with Gasteiger partial charge in [-0.15, -0.1) is 0 Å². The predicted molar refractivity (Wildman–Crippen MR) is 85.3 cm³/mol. The average molecular weight is 300 g/mol. The Kier molecular flexibility index (Phi) is 3.53. The van der Waals surface area contributed by atoms with Crippen molar-refractivity contribution in [2.45, 2.75) is 25.9 Å². The standard InChI is InChI=1S/C17H20N2O3/c1-17(2,22)11-8-9-19(10-11)15-7-6-12-13(16(20)21)4-3-5-14(12)18-15/h3-7,11,22H,8-10H2,1-2H3,(H,20,21)/t11-/m1/s1. The third-order valence-corrected chi connectivity index (χ3v) is 4.46. The average Bonchev–Trinajstić information content (AvgIpc) is 2.95. The fraction of sp³-hybridized carbons (Fsp3) is 0.412. The third-order valence-electron chi connectivity index (χ3n) is 4.46. The second kappa shape index (κ2) is 5.25. The summed E-state index contributed by atoms with van der Waals surface area (Å²) in [7, 11) is 0. The first-order valence-corrected chi connectivity index (χ1v) is 7.46. The number of fused-ring (bicyclic) bond motifs is 1. The smallest absolute Gasteiger partial charge is 0.336 e. The molecule has 1 fully saturated rings. The van der Waals surface area contributed by atoms with E-state index < -0.39 is 11.6 Å². The summed E-state index contributed by atoms with van der Waals surface area (Å²) < 4.78 is 0. The maximum absolute atomic E-state index is 11.2. The molecule has 1 aliphatic heterocycles. The van der Waals surface area contributed by atoms with Crippen molar-refractivity contribution in [1.82, 2.24) is 4.98 Å². The zero-order valence-corrected chi connectivity index (χ0v) is 12.8. The summed E-state index contributed by atoms with van der Waals surface area (Å²) >= 11 is 0. The second-order valence-corrected chi connectivity index (χ2v) is 6.43. The number of pyridine rings is 1. The Morgan fingerprint density at radius 2 is 2.09 bits per heavy atom. The van der Waals surface area contributed by atoms with E-state index >= 15 is 0 Å². The minimum Gasteiger partial charge on any atom is -0.478 e. The van der Waals surface area contributed by atoms with Crippen molar-refractivity contribution in [1.29, 1.82) is 0 Å². The lowest BCUT2D eigenvalue weighted by Gasteiger charge is -2.26. The molecular weight excluding hydrogens is 280 g/mol. The largest absolute Gasteiger partial charge is 0.478 e. The molecule has 0 unspecified atom stereocenters. The van der Waals surface area contributed by atoms with E-state index in [0.29, 0.717) is 10.9 Å². The first-order valence-electron chi connectivity index (χ1n) is 7.46. The Labute approximate surface area is 129 Å². The van der Waals surface area contributed by atoms with E-state index in [-0.39, 0.29) is 11.5 Å². The summed E-state index contributed by atoms with van der Waals surface area (Å²) in [5, 5.41) is 20.0. The van der Waals surface area contributed by atoms with Crippen LogP contribution in [0.3, 0.4) is 0 Å². The van der Waals surface area contributed by atoms with Gasteiger partial charge >= 0.3 is 5.97 Å². The SMILES string of the molecule is CC(C)(O)[C@@H]1CCN(c2ccc3c(C(=O)O)cccc3n2)C1. The van der Waals surface area contributed by atoms with Crippen molar-refractivity contribution in [3.63, 3.8) is 0 Å². The molecule has 5 heteroatoms. The molecule has 0 aliphatic carbocycles. The highest BCUT2D eigenvalue weighted by molar-refractivity contribution is 6.02. The van der Waals surface area contributed by atoms with Gasteiger partial charge in [-0.05, 0) is 44.5 Å². The highest BCUT2D eigenvalue weighted by Crippen LogP contribution is 2.30. The topological polar surface area (TPSA) is 73.7 Å². The number of benzene rings is 1. The van der Waals surface area contributed by atoms with Crippen LogP contribution in [0, 0.1) is 5.92 Å². The van der Waals surface area contributed by atoms with E-state index in [9.17, 15) is 15.0 Å². The number of rotatable bonds is 3. The molecule has 0 bridgehead atoms. The van der Waals surface area contributed by atoms with Gasteiger partial charge in [-0.1, -0.05) is 6.07 Å². The van der Waals surface area contributed by atoms with Gasteiger partial charge in [0.1, 0.15) is 5.82 Å². The predicted octanol–water partition coefficient (Wildman–Crippen LogP) is 2.53. The van der Waals surface area contributed by atoms with Gasteiger partial charge in [0, 0.05) is 24.4 Å². The first-order chi connectivity index (χ1) is 10.4. The third kappa shape index (κ3) is 2.64. The number of aromatic nitrogens is 1. The summed E-state index contributed by atoms with van der Waals surface area (Å²) in [4.78, 5) is 18.0. The summed E-state index contributed by atoms with van der Waals surface area (Å²) in [6.45, 7) is 5.30. The number of hydrogen-bond donors (Lipinski definition) is 2. The minimum absolute atomic E-state index is 0.218. The fourth-order valence-corrected chi connectivity index (χ4v) is 3.05. The van der Waals surface area contributed by atoms with Crippen LogP contribution in [0.5, 0.6) is 0 Å². The van der Waals surface area contributed by atoms with Crippen LogP contribution < -0.4 is 4.90 Å². The van der Waals surface area contributed by atoms with Crippen LogP contribution in [0.2, 0.25) is 0 Å². The Morgan fingerprint density at radius 3 is 2.73 bits per heavy atom. The lowest BCUT2D eigenvalue weighted by atomic mass is 9.90. The van der Waals surface area contributed by atoms with Gasteiger partial charge in [0.05, 0.1) is 16.7 Å². The molecule has 5 nitrogen and oxygen atoms in total. The molecule has 2 aromatic rings. The van der Waals surface area contributed by atoms with Crippen LogP contribution in [0.25, 0.3) is 10.9 Å². The quantitative estimate of drug-likeness (QED) is 0.911. The number of anilines is 1. The van der Waals surface area contributed by atoms with E-state index in [1.807, 2.05) is 32.0 Å². The van der Waals surface area contributed by atoms with Gasteiger partial charge in [-0.2, -0.15) is 0 Å². The molecule has 1 aromatic carbocycles. The Hall–Kier alpha value is -2.14. The zero-order chi connectivity index (χ0) is 15.9. The van der Waals surface area contributed by atoms with E-state index in [1.54, 1.807) is 12.1 Å². The Balaban J connectivity index is 1.92. The molecule has 1 saturated heterocycles. The van der Waals surface area contributed by atoms with Gasteiger partial charge in [-0.3, -0.25) is 0 Å². The van der Waals surface area contributed by atoms with Gasteiger partial charge in [0.15, 0.2) is 0 Å². The number of nitrogens with zero attached hydrogens (tertiary/aromatic N) is 2. The van der Waals surface area contributed by atoms with Gasteiger partial charge in [0.2, 0.25) is 0 Å². The molecule has 0 radical (unpaired) electrons. The molecule has 2 heterocycles. The number of carboxylic acid groups (broad SMARTS) is 1. The van der Waals surface area contributed by atoms with Crippen LogP contribution in [-0.4, -0.2) is 39.9 Å². The normalized spacial score (nSPS) is 18.9. The summed E-state index contributed by atoms with van der Waals surface area (Å²) in [6.07, 6.45) is 0.929. The first kappa shape index (κ1) is 14.8. The fourth-order valence-electron chi connectivity index (χ4n) is 3.05. The molecule has 3 rings (SSSR count). The van der Waals surface area contributed by atoms with Crippen molar-refractivity contribution in [2.75, 3.05) is 18.0 Å². The van der Waals surface area contributed by atoms with E-state index in [2.05, 4.69) is 9.88 Å². The highest BCUT2D eigenvalue weighted by Gasteiger charge is 2.34. The second-order valence-electron chi connectivity index (χ2n) is 6.43.